The van der Waals surface area contributed by atoms with Crippen LogP contribution in [0.2, 0.25) is 0 Å². The quantitative estimate of drug-likeness (QED) is 0.428. The molecule has 1 aliphatic rings. The first-order valence-electron chi connectivity index (χ1n) is 10.5. The second kappa shape index (κ2) is 8.43. The summed E-state index contributed by atoms with van der Waals surface area (Å²) in [5, 5.41) is 4.64. The molecule has 0 N–H and O–H groups in total. The Morgan fingerprint density at radius 1 is 1.10 bits per heavy atom. The average Bonchev–Trinajstić information content (AvgIpc) is 2.59. The third-order valence-corrected chi connectivity index (χ3v) is 14.1. The lowest BCUT2D eigenvalue weighted by Gasteiger charge is -2.46. The molecule has 3 nitrogen and oxygen atoms in total. The molecular weight excluding hydrogens is 424 g/mol. The molecule has 170 valence electrons. The van der Waals surface area contributed by atoms with E-state index in [1.807, 2.05) is 0 Å². The van der Waals surface area contributed by atoms with E-state index in [0.29, 0.717) is 21.3 Å². The number of hydrogen-bond donors (Lipinski definition) is 0. The predicted molar refractivity (Wildman–Crippen MR) is 124 cm³/mol. The number of alkyl halides is 1. The highest BCUT2D eigenvalue weighted by molar-refractivity contribution is 8.38. The standard InChI is InChI=1S/C23H35F2NO2S2/c1-16(2)29(17(3)4,18(5)6)11-9-19-13-20(21(24)26-14-19)23(25)10-12-30(27,28)22(7,8)15-23/h13-14,16-18H,10,12,15H2,1-8H3. The molecule has 0 spiro atoms. The maximum atomic E-state index is 15.9. The lowest BCUT2D eigenvalue weighted by molar-refractivity contribution is 0.115. The Morgan fingerprint density at radius 3 is 2.10 bits per heavy atom. The molecule has 7 heteroatoms. The smallest absolute Gasteiger partial charge is 0.219 e. The van der Waals surface area contributed by atoms with Crippen LogP contribution in [0.5, 0.6) is 0 Å². The molecular formula is C23H35F2NO2S2. The molecule has 1 aromatic rings. The first-order chi connectivity index (χ1) is 13.6. The fourth-order valence-electron chi connectivity index (χ4n) is 4.64. The van der Waals surface area contributed by atoms with Crippen molar-refractivity contribution >= 4 is 19.9 Å². The van der Waals surface area contributed by atoms with Gasteiger partial charge in [0, 0.05) is 23.7 Å². The minimum Gasteiger partial charge on any atom is -0.238 e. The average molecular weight is 460 g/mol. The third kappa shape index (κ3) is 4.41. The predicted octanol–water partition coefficient (Wildman–Crippen LogP) is 5.71. The van der Waals surface area contributed by atoms with E-state index in [-0.39, 0.29) is 24.2 Å². The number of rotatable bonds is 4. The lowest BCUT2D eigenvalue weighted by Crippen LogP contribution is -2.47. The SMILES string of the molecule is CC(C)S(C#Cc1cnc(F)c(C2(F)CCS(=O)(=O)C(C)(C)C2)c1)(C(C)C)C(C)C. The van der Waals surface area contributed by atoms with Crippen LogP contribution in [-0.4, -0.2) is 39.7 Å². The van der Waals surface area contributed by atoms with E-state index in [4.69, 9.17) is 0 Å². The Morgan fingerprint density at radius 2 is 1.63 bits per heavy atom. The fourth-order valence-corrected chi connectivity index (χ4v) is 10.5. The van der Waals surface area contributed by atoms with E-state index in [0.717, 1.165) is 0 Å². The van der Waals surface area contributed by atoms with Gasteiger partial charge in [-0.05, 0) is 47.3 Å². The summed E-state index contributed by atoms with van der Waals surface area (Å²) in [6.07, 6.45) is 0.773. The molecule has 2 rings (SSSR count). The Kier molecular flexibility index (Phi) is 7.06. The van der Waals surface area contributed by atoms with E-state index in [1.54, 1.807) is 0 Å². The van der Waals surface area contributed by atoms with Gasteiger partial charge in [-0.25, -0.2) is 17.8 Å². The monoisotopic (exact) mass is 459 g/mol. The Balaban J connectivity index is 2.53. The van der Waals surface area contributed by atoms with Crippen LogP contribution >= 0.6 is 10.0 Å². The van der Waals surface area contributed by atoms with Gasteiger partial charge >= 0.3 is 0 Å². The summed E-state index contributed by atoms with van der Waals surface area (Å²) in [5.74, 6) is 1.96. The summed E-state index contributed by atoms with van der Waals surface area (Å²) < 4.78 is 53.7. The van der Waals surface area contributed by atoms with Gasteiger partial charge in [-0.1, -0.05) is 47.5 Å². The van der Waals surface area contributed by atoms with Crippen molar-refractivity contribution in [1.82, 2.24) is 4.98 Å². The number of nitrogens with zero attached hydrogens (tertiary/aromatic N) is 1. The van der Waals surface area contributed by atoms with Crippen molar-refractivity contribution in [3.63, 3.8) is 0 Å². The van der Waals surface area contributed by atoms with E-state index < -0.39 is 36.2 Å². The molecule has 0 bridgehead atoms. The first-order valence-corrected chi connectivity index (χ1v) is 14.0. The molecule has 30 heavy (non-hydrogen) atoms. The van der Waals surface area contributed by atoms with Crippen LogP contribution in [0.1, 0.15) is 79.4 Å². The second-order valence-electron chi connectivity index (χ2n) is 9.67. The summed E-state index contributed by atoms with van der Waals surface area (Å²) in [4.78, 5) is 3.77. The van der Waals surface area contributed by atoms with Gasteiger partial charge in [0.15, 0.2) is 9.84 Å². The molecule has 1 unspecified atom stereocenters. The number of pyridine rings is 1. The van der Waals surface area contributed by atoms with Gasteiger partial charge in [-0.3, -0.25) is 0 Å². The second-order valence-corrected chi connectivity index (χ2v) is 17.0. The van der Waals surface area contributed by atoms with Gasteiger partial charge in [-0.2, -0.15) is 14.4 Å². The van der Waals surface area contributed by atoms with Gasteiger partial charge in [0.2, 0.25) is 5.95 Å². The van der Waals surface area contributed by atoms with Gasteiger partial charge in [-0.15, -0.1) is 0 Å². The van der Waals surface area contributed by atoms with Gasteiger partial charge in [0.1, 0.15) is 5.67 Å². The zero-order chi connectivity index (χ0) is 23.1. The topological polar surface area (TPSA) is 47.0 Å². The third-order valence-electron chi connectivity index (χ3n) is 6.35. The maximum absolute atomic E-state index is 15.9. The van der Waals surface area contributed by atoms with E-state index in [9.17, 15) is 12.8 Å². The molecule has 2 heterocycles. The molecule has 0 saturated carbocycles. The molecule has 0 amide bonds. The first kappa shape index (κ1) is 25.1. The van der Waals surface area contributed by atoms with Crippen molar-refractivity contribution in [3.8, 4) is 11.2 Å². The maximum Gasteiger partial charge on any atom is 0.219 e. The van der Waals surface area contributed by atoms with Gasteiger partial charge in [0.25, 0.3) is 0 Å². The number of aromatic nitrogens is 1. The van der Waals surface area contributed by atoms with Crippen molar-refractivity contribution in [3.05, 3.63) is 29.3 Å². The summed E-state index contributed by atoms with van der Waals surface area (Å²) >= 11 is 0. The van der Waals surface area contributed by atoms with Crippen molar-refractivity contribution in [2.45, 2.75) is 94.4 Å². The van der Waals surface area contributed by atoms with Crippen LogP contribution in [0.15, 0.2) is 12.3 Å². The fraction of sp³-hybridized carbons (Fsp3) is 0.696. The number of halogens is 2. The summed E-state index contributed by atoms with van der Waals surface area (Å²) in [5.41, 5.74) is -1.80. The molecule has 0 radical (unpaired) electrons. The van der Waals surface area contributed by atoms with E-state index in [2.05, 4.69) is 57.7 Å². The molecule has 1 saturated heterocycles. The molecule has 1 fully saturated rings. The molecule has 0 aliphatic carbocycles. The van der Waals surface area contributed by atoms with Crippen LogP contribution < -0.4 is 0 Å². The van der Waals surface area contributed by atoms with E-state index >= 15 is 4.39 Å². The van der Waals surface area contributed by atoms with Crippen LogP contribution in [0.4, 0.5) is 8.78 Å². The molecule has 1 aliphatic heterocycles. The van der Waals surface area contributed by atoms with Gasteiger partial charge < -0.3 is 0 Å². The zero-order valence-electron chi connectivity index (χ0n) is 19.3. The molecule has 0 aromatic carbocycles. The van der Waals surface area contributed by atoms with Crippen LogP contribution in [0, 0.1) is 17.1 Å². The highest BCUT2D eigenvalue weighted by atomic mass is 32.3. The molecule has 1 atom stereocenters. The lowest BCUT2D eigenvalue weighted by atomic mass is 9.84. The number of hydrogen-bond acceptors (Lipinski definition) is 3. The minimum absolute atomic E-state index is 0.184. The Labute approximate surface area is 182 Å². The van der Waals surface area contributed by atoms with Crippen molar-refractivity contribution in [1.29, 1.82) is 0 Å². The summed E-state index contributed by atoms with van der Waals surface area (Å²) in [6.45, 7) is 16.1. The van der Waals surface area contributed by atoms with Crippen molar-refractivity contribution < 1.29 is 17.2 Å². The Bertz CT molecular complexity index is 937. The molecule has 1 aromatic heterocycles. The summed E-state index contributed by atoms with van der Waals surface area (Å²) in [7, 11) is -4.73. The summed E-state index contributed by atoms with van der Waals surface area (Å²) in [6, 6.07) is 1.43. The van der Waals surface area contributed by atoms with Crippen LogP contribution in [0.25, 0.3) is 0 Å². The highest BCUT2D eigenvalue weighted by Gasteiger charge is 2.51. The van der Waals surface area contributed by atoms with Crippen LogP contribution in [-0.2, 0) is 15.5 Å². The van der Waals surface area contributed by atoms with Crippen LogP contribution in [0.3, 0.4) is 0 Å². The van der Waals surface area contributed by atoms with Crippen molar-refractivity contribution in [2.75, 3.05) is 5.75 Å². The zero-order valence-corrected chi connectivity index (χ0v) is 21.0. The van der Waals surface area contributed by atoms with Gasteiger partial charge in [0.05, 0.1) is 10.5 Å². The largest absolute Gasteiger partial charge is 0.238 e. The van der Waals surface area contributed by atoms with Crippen molar-refractivity contribution in [2.24, 2.45) is 0 Å². The minimum atomic E-state index is -3.43. The highest BCUT2D eigenvalue weighted by Crippen LogP contribution is 2.59. The van der Waals surface area contributed by atoms with E-state index in [1.165, 1.54) is 26.1 Å². The Hall–Kier alpha value is -1.13. The number of sulfone groups is 1. The normalized spacial score (nSPS) is 24.0.